The Morgan fingerprint density at radius 2 is 1.67 bits per heavy atom. The summed E-state index contributed by atoms with van der Waals surface area (Å²) in [5, 5.41) is 3.48. The number of nitrogens with zero attached hydrogens (tertiary/aromatic N) is 2. The van der Waals surface area contributed by atoms with Crippen molar-refractivity contribution in [3.8, 4) is 0 Å². The van der Waals surface area contributed by atoms with E-state index < -0.39 is 0 Å². The van der Waals surface area contributed by atoms with Gasteiger partial charge in [0.05, 0.1) is 6.54 Å². The fourth-order valence-electron chi connectivity index (χ4n) is 5.30. The molecule has 118 valence electrons. The average Bonchev–Trinajstić information content (AvgIpc) is 3.07. The quantitative estimate of drug-likeness (QED) is 0.833. The summed E-state index contributed by atoms with van der Waals surface area (Å²) in [5.74, 6) is 2.81. The average molecular weight is 291 g/mol. The van der Waals surface area contributed by atoms with Crippen molar-refractivity contribution in [2.45, 2.75) is 44.6 Å². The molecule has 1 N–H and O–H groups in total. The van der Waals surface area contributed by atoms with Gasteiger partial charge in [-0.1, -0.05) is 12.8 Å². The molecule has 3 saturated heterocycles. The summed E-state index contributed by atoms with van der Waals surface area (Å²) in [6, 6.07) is 0.573. The number of nitrogens with one attached hydrogen (secondary N) is 1. The molecule has 4 rings (SSSR count). The molecule has 0 aromatic carbocycles. The molecule has 4 nitrogen and oxygen atoms in total. The maximum absolute atomic E-state index is 12.8. The van der Waals surface area contributed by atoms with Gasteiger partial charge in [0, 0.05) is 25.7 Å². The standard InChI is InChI=1S/C17H29N3O/c21-17(12-19-10-14-8-18-9-15(14)11-19)20-7-3-5-13-4-1-2-6-16(13)20/h13-16,18H,1-12H2/t13?,14-,15+,16?. The third-order valence-corrected chi connectivity index (χ3v) is 6.39. The molecule has 0 radical (unpaired) electrons. The van der Waals surface area contributed by atoms with E-state index in [1.165, 1.54) is 38.5 Å². The highest BCUT2D eigenvalue weighted by Crippen LogP contribution is 2.35. The second kappa shape index (κ2) is 5.88. The van der Waals surface area contributed by atoms with Gasteiger partial charge in [-0.2, -0.15) is 0 Å². The van der Waals surface area contributed by atoms with Crippen LogP contribution in [-0.4, -0.2) is 61.0 Å². The normalized spacial score (nSPS) is 40.1. The predicted octanol–water partition coefficient (Wildman–Crippen LogP) is 1.32. The van der Waals surface area contributed by atoms with E-state index in [1.807, 2.05) is 0 Å². The Labute approximate surface area is 128 Å². The molecule has 4 atom stereocenters. The van der Waals surface area contributed by atoms with Crippen LogP contribution in [0.5, 0.6) is 0 Å². The zero-order valence-electron chi connectivity index (χ0n) is 13.1. The van der Waals surface area contributed by atoms with Crippen molar-refractivity contribution in [2.75, 3.05) is 39.3 Å². The molecule has 0 aromatic rings. The van der Waals surface area contributed by atoms with Crippen LogP contribution in [0.25, 0.3) is 0 Å². The number of hydrogen-bond donors (Lipinski definition) is 1. The molecule has 2 unspecified atom stereocenters. The van der Waals surface area contributed by atoms with E-state index in [9.17, 15) is 4.79 Å². The van der Waals surface area contributed by atoms with Crippen LogP contribution in [-0.2, 0) is 4.79 Å². The molecular weight excluding hydrogens is 262 g/mol. The Bertz CT molecular complexity index is 385. The van der Waals surface area contributed by atoms with Gasteiger partial charge in [-0.25, -0.2) is 0 Å². The lowest BCUT2D eigenvalue weighted by Gasteiger charge is -2.44. The van der Waals surface area contributed by atoms with E-state index in [1.54, 1.807) is 0 Å². The maximum atomic E-state index is 12.8. The molecule has 0 bridgehead atoms. The van der Waals surface area contributed by atoms with Gasteiger partial charge >= 0.3 is 0 Å². The van der Waals surface area contributed by atoms with E-state index in [-0.39, 0.29) is 0 Å². The van der Waals surface area contributed by atoms with Gasteiger partial charge in [-0.3, -0.25) is 9.69 Å². The summed E-state index contributed by atoms with van der Waals surface area (Å²) in [4.78, 5) is 17.5. The first-order chi connectivity index (χ1) is 10.3. The SMILES string of the molecule is O=C(CN1C[C@H]2CNC[C@H]2C1)N1CCCC2CCCCC21. The molecule has 4 heteroatoms. The second-order valence-corrected chi connectivity index (χ2v) is 7.71. The molecule has 4 fully saturated rings. The van der Waals surface area contributed by atoms with E-state index in [0.29, 0.717) is 18.5 Å². The lowest BCUT2D eigenvalue weighted by Crippen LogP contribution is -2.52. The van der Waals surface area contributed by atoms with Crippen molar-refractivity contribution in [2.24, 2.45) is 17.8 Å². The number of rotatable bonds is 2. The van der Waals surface area contributed by atoms with Crippen LogP contribution in [0.15, 0.2) is 0 Å². The second-order valence-electron chi connectivity index (χ2n) is 7.71. The van der Waals surface area contributed by atoms with Gasteiger partial charge in [0.25, 0.3) is 0 Å². The van der Waals surface area contributed by atoms with E-state index in [4.69, 9.17) is 0 Å². The van der Waals surface area contributed by atoms with Crippen molar-refractivity contribution < 1.29 is 4.79 Å². The van der Waals surface area contributed by atoms with Crippen molar-refractivity contribution in [1.82, 2.24) is 15.1 Å². The maximum Gasteiger partial charge on any atom is 0.237 e. The minimum Gasteiger partial charge on any atom is -0.338 e. The molecule has 1 saturated carbocycles. The van der Waals surface area contributed by atoms with Gasteiger partial charge in [0.15, 0.2) is 0 Å². The minimum atomic E-state index is 0.416. The smallest absolute Gasteiger partial charge is 0.237 e. The zero-order valence-corrected chi connectivity index (χ0v) is 13.1. The van der Waals surface area contributed by atoms with E-state index in [2.05, 4.69) is 15.1 Å². The van der Waals surface area contributed by atoms with E-state index >= 15 is 0 Å². The molecule has 1 aliphatic carbocycles. The Hall–Kier alpha value is -0.610. The van der Waals surface area contributed by atoms with Crippen LogP contribution >= 0.6 is 0 Å². The number of amides is 1. The largest absolute Gasteiger partial charge is 0.338 e. The molecule has 0 spiro atoms. The number of carbonyl (C=O) groups is 1. The topological polar surface area (TPSA) is 35.6 Å². The number of hydrogen-bond acceptors (Lipinski definition) is 3. The first-order valence-corrected chi connectivity index (χ1v) is 9.04. The summed E-state index contributed by atoms with van der Waals surface area (Å²) in [5.41, 5.74) is 0. The summed E-state index contributed by atoms with van der Waals surface area (Å²) in [6.07, 6.45) is 7.89. The van der Waals surface area contributed by atoms with Gasteiger partial charge < -0.3 is 10.2 Å². The van der Waals surface area contributed by atoms with Crippen LogP contribution in [0.1, 0.15) is 38.5 Å². The summed E-state index contributed by atoms with van der Waals surface area (Å²) < 4.78 is 0. The summed E-state index contributed by atoms with van der Waals surface area (Å²) in [6.45, 7) is 6.27. The Morgan fingerprint density at radius 1 is 0.952 bits per heavy atom. The van der Waals surface area contributed by atoms with Crippen LogP contribution in [0, 0.1) is 17.8 Å². The fourth-order valence-corrected chi connectivity index (χ4v) is 5.30. The van der Waals surface area contributed by atoms with E-state index in [0.717, 1.165) is 50.5 Å². The molecule has 1 amide bonds. The molecule has 3 heterocycles. The molecule has 4 aliphatic rings. The first-order valence-electron chi connectivity index (χ1n) is 9.04. The lowest BCUT2D eigenvalue weighted by molar-refractivity contribution is -0.138. The number of carbonyl (C=O) groups excluding carboxylic acids is 1. The third-order valence-electron chi connectivity index (χ3n) is 6.39. The lowest BCUT2D eigenvalue weighted by atomic mass is 9.78. The summed E-state index contributed by atoms with van der Waals surface area (Å²) >= 11 is 0. The van der Waals surface area contributed by atoms with Crippen molar-refractivity contribution in [3.63, 3.8) is 0 Å². The monoisotopic (exact) mass is 291 g/mol. The molecule has 0 aromatic heterocycles. The van der Waals surface area contributed by atoms with Crippen molar-refractivity contribution in [1.29, 1.82) is 0 Å². The Balaban J connectivity index is 1.36. The number of likely N-dealkylation sites (tertiary alicyclic amines) is 2. The van der Waals surface area contributed by atoms with Crippen molar-refractivity contribution in [3.05, 3.63) is 0 Å². The highest BCUT2D eigenvalue weighted by molar-refractivity contribution is 5.78. The Morgan fingerprint density at radius 3 is 2.48 bits per heavy atom. The van der Waals surface area contributed by atoms with Crippen molar-refractivity contribution >= 4 is 5.91 Å². The van der Waals surface area contributed by atoms with Gasteiger partial charge in [-0.15, -0.1) is 0 Å². The molecule has 21 heavy (non-hydrogen) atoms. The molecule has 3 aliphatic heterocycles. The third kappa shape index (κ3) is 2.72. The predicted molar refractivity (Wildman–Crippen MR) is 83.0 cm³/mol. The van der Waals surface area contributed by atoms with Crippen LogP contribution in [0.4, 0.5) is 0 Å². The summed E-state index contributed by atoms with van der Waals surface area (Å²) in [7, 11) is 0. The molecular formula is C17H29N3O. The minimum absolute atomic E-state index is 0.416. The van der Waals surface area contributed by atoms with Gasteiger partial charge in [-0.05, 0) is 56.5 Å². The van der Waals surface area contributed by atoms with Crippen LogP contribution in [0.3, 0.4) is 0 Å². The first kappa shape index (κ1) is 14.0. The number of fused-ring (bicyclic) bond motifs is 2. The zero-order chi connectivity index (χ0) is 14.2. The van der Waals surface area contributed by atoms with Gasteiger partial charge in [0.2, 0.25) is 5.91 Å². The number of piperidine rings is 1. The highest BCUT2D eigenvalue weighted by atomic mass is 16.2. The Kier molecular flexibility index (Phi) is 3.92. The van der Waals surface area contributed by atoms with Gasteiger partial charge in [0.1, 0.15) is 0 Å². The fraction of sp³-hybridized carbons (Fsp3) is 0.941. The van der Waals surface area contributed by atoms with Crippen LogP contribution < -0.4 is 5.32 Å². The van der Waals surface area contributed by atoms with Crippen LogP contribution in [0.2, 0.25) is 0 Å². The highest BCUT2D eigenvalue weighted by Gasteiger charge is 2.39.